The van der Waals surface area contributed by atoms with Crippen LogP contribution in [-0.4, -0.2) is 10.1 Å². The molecule has 1 aliphatic rings. The van der Waals surface area contributed by atoms with Crippen LogP contribution in [0, 0.1) is 0 Å². The molecule has 1 unspecified atom stereocenters. The highest BCUT2D eigenvalue weighted by atomic mass is 16.5. The van der Waals surface area contributed by atoms with Gasteiger partial charge in [-0.15, -0.1) is 0 Å². The summed E-state index contributed by atoms with van der Waals surface area (Å²) in [5.74, 6) is 0.239. The second kappa shape index (κ2) is 2.35. The highest BCUT2D eigenvalue weighted by Gasteiger charge is 2.24. The van der Waals surface area contributed by atoms with Crippen LogP contribution in [0.25, 0.3) is 0 Å². The summed E-state index contributed by atoms with van der Waals surface area (Å²) in [5, 5.41) is 9.52. The molecule has 0 aromatic carbocycles. The zero-order valence-electron chi connectivity index (χ0n) is 6.74. The molecule has 2 rings (SSSR count). The third kappa shape index (κ3) is 0.848. The molecule has 2 heterocycles. The number of aromatic hydroxyl groups is 1. The van der Waals surface area contributed by atoms with Crippen LogP contribution in [0.1, 0.15) is 24.2 Å². The first-order valence-electron chi connectivity index (χ1n) is 3.78. The maximum Gasteiger partial charge on any atom is 0.166 e. The minimum atomic E-state index is -0.0784. The van der Waals surface area contributed by atoms with E-state index < -0.39 is 0 Å². The summed E-state index contributed by atoms with van der Waals surface area (Å²) in [5.41, 5.74) is 7.14. The highest BCUT2D eigenvalue weighted by Crippen LogP contribution is 2.38. The van der Waals surface area contributed by atoms with E-state index in [-0.39, 0.29) is 17.7 Å². The minimum Gasteiger partial charge on any atom is -0.504 e. The van der Waals surface area contributed by atoms with Gasteiger partial charge in [0.15, 0.2) is 11.6 Å². The van der Waals surface area contributed by atoms with E-state index in [0.717, 1.165) is 11.1 Å². The molecule has 0 saturated carbocycles. The van der Waals surface area contributed by atoms with E-state index in [2.05, 4.69) is 4.98 Å². The molecule has 12 heavy (non-hydrogen) atoms. The Labute approximate surface area is 70.0 Å². The summed E-state index contributed by atoms with van der Waals surface area (Å²) in [6, 6.07) is 0. The molecule has 0 aliphatic carbocycles. The summed E-state index contributed by atoms with van der Waals surface area (Å²) in [6.07, 6.45) is 1.57. The number of nitrogens with two attached hydrogens (primary N) is 1. The Balaban J connectivity index is 2.63. The number of aromatic nitrogens is 1. The average Bonchev–Trinajstić information content (AvgIpc) is 2.41. The van der Waals surface area contributed by atoms with Gasteiger partial charge in [0, 0.05) is 17.3 Å². The lowest BCUT2D eigenvalue weighted by molar-refractivity contribution is 0.0786. The zero-order valence-corrected chi connectivity index (χ0v) is 6.74. The zero-order chi connectivity index (χ0) is 8.72. The molecule has 1 atom stereocenters. The van der Waals surface area contributed by atoms with Crippen molar-refractivity contribution in [2.24, 2.45) is 0 Å². The molecule has 0 spiro atoms. The Morgan fingerprint density at radius 3 is 3.25 bits per heavy atom. The lowest BCUT2D eigenvalue weighted by Gasteiger charge is -2.06. The van der Waals surface area contributed by atoms with Crippen LogP contribution in [0.15, 0.2) is 6.20 Å². The number of nitrogens with zero attached hydrogens (tertiary/aromatic N) is 1. The van der Waals surface area contributed by atoms with Crippen molar-refractivity contribution in [2.45, 2.75) is 19.6 Å². The predicted octanol–water partition coefficient (Wildman–Crippen LogP) is 0.961. The van der Waals surface area contributed by atoms with Crippen LogP contribution in [0.2, 0.25) is 0 Å². The van der Waals surface area contributed by atoms with E-state index in [1.54, 1.807) is 6.20 Å². The molecule has 0 fully saturated rings. The van der Waals surface area contributed by atoms with Crippen molar-refractivity contribution in [2.75, 3.05) is 5.73 Å². The first kappa shape index (κ1) is 7.36. The summed E-state index contributed by atoms with van der Waals surface area (Å²) >= 11 is 0. The number of hydrogen-bond donors (Lipinski definition) is 2. The molecule has 1 aromatic heterocycles. The lowest BCUT2D eigenvalue weighted by Crippen LogP contribution is -1.96. The van der Waals surface area contributed by atoms with Crippen molar-refractivity contribution in [3.63, 3.8) is 0 Å². The molecular formula is C8H10N2O2. The molecule has 3 N–H and O–H groups in total. The Hall–Kier alpha value is -1.29. The molecule has 64 valence electrons. The van der Waals surface area contributed by atoms with Crippen molar-refractivity contribution in [3.8, 4) is 5.75 Å². The van der Waals surface area contributed by atoms with Crippen LogP contribution < -0.4 is 5.73 Å². The van der Waals surface area contributed by atoms with E-state index in [0.29, 0.717) is 6.61 Å². The molecule has 4 heteroatoms. The van der Waals surface area contributed by atoms with Crippen molar-refractivity contribution in [1.82, 2.24) is 4.98 Å². The van der Waals surface area contributed by atoms with Crippen LogP contribution in [0.4, 0.5) is 5.82 Å². The van der Waals surface area contributed by atoms with Gasteiger partial charge in [-0.05, 0) is 6.92 Å². The molecule has 0 saturated heterocycles. The maximum atomic E-state index is 9.52. The largest absolute Gasteiger partial charge is 0.504 e. The summed E-state index contributed by atoms with van der Waals surface area (Å²) < 4.78 is 5.30. The van der Waals surface area contributed by atoms with Crippen LogP contribution in [-0.2, 0) is 11.3 Å². The summed E-state index contributed by atoms with van der Waals surface area (Å²) in [7, 11) is 0. The lowest BCUT2D eigenvalue weighted by atomic mass is 10.1. The molecular weight excluding hydrogens is 156 g/mol. The Morgan fingerprint density at radius 1 is 1.75 bits per heavy atom. The third-order valence-corrected chi connectivity index (χ3v) is 2.10. The van der Waals surface area contributed by atoms with Gasteiger partial charge in [0.2, 0.25) is 0 Å². The second-order valence-electron chi connectivity index (χ2n) is 2.88. The average molecular weight is 166 g/mol. The van der Waals surface area contributed by atoms with Gasteiger partial charge in [-0.3, -0.25) is 0 Å². The number of fused-ring (bicyclic) bond motifs is 1. The number of rotatable bonds is 0. The monoisotopic (exact) mass is 166 g/mol. The topological polar surface area (TPSA) is 68.4 Å². The first-order chi connectivity index (χ1) is 5.70. The highest BCUT2D eigenvalue weighted by molar-refractivity contribution is 5.54. The van der Waals surface area contributed by atoms with Crippen molar-refractivity contribution in [1.29, 1.82) is 0 Å². The van der Waals surface area contributed by atoms with E-state index in [1.807, 2.05) is 6.92 Å². The SMILES string of the molecule is CC1OCc2cnc(N)c(O)c21. The van der Waals surface area contributed by atoms with Crippen LogP contribution in [0.3, 0.4) is 0 Å². The quantitative estimate of drug-likeness (QED) is 0.602. The van der Waals surface area contributed by atoms with E-state index in [1.165, 1.54) is 0 Å². The Bertz CT molecular complexity index is 325. The van der Waals surface area contributed by atoms with Gasteiger partial charge < -0.3 is 15.6 Å². The number of hydrogen-bond acceptors (Lipinski definition) is 4. The fourth-order valence-electron chi connectivity index (χ4n) is 1.43. The van der Waals surface area contributed by atoms with Gasteiger partial charge in [0.1, 0.15) is 0 Å². The Morgan fingerprint density at radius 2 is 2.50 bits per heavy atom. The van der Waals surface area contributed by atoms with E-state index in [4.69, 9.17) is 10.5 Å². The summed E-state index contributed by atoms with van der Waals surface area (Å²) in [4.78, 5) is 3.83. The molecule has 4 nitrogen and oxygen atoms in total. The van der Waals surface area contributed by atoms with Gasteiger partial charge in [0.05, 0.1) is 12.7 Å². The fraction of sp³-hybridized carbons (Fsp3) is 0.375. The number of pyridine rings is 1. The van der Waals surface area contributed by atoms with Gasteiger partial charge >= 0.3 is 0 Å². The number of ether oxygens (including phenoxy) is 1. The smallest absolute Gasteiger partial charge is 0.166 e. The standard InChI is InChI=1S/C8H10N2O2/c1-4-6-5(3-12-4)2-10-8(9)7(6)11/h2,4,11H,3H2,1H3,(H2,9,10). The van der Waals surface area contributed by atoms with E-state index in [9.17, 15) is 5.11 Å². The van der Waals surface area contributed by atoms with Gasteiger partial charge in [-0.25, -0.2) is 4.98 Å². The van der Waals surface area contributed by atoms with E-state index >= 15 is 0 Å². The van der Waals surface area contributed by atoms with Crippen LogP contribution in [0.5, 0.6) is 5.75 Å². The maximum absolute atomic E-state index is 9.52. The summed E-state index contributed by atoms with van der Waals surface area (Å²) in [6.45, 7) is 2.39. The Kier molecular flexibility index (Phi) is 1.44. The molecule has 0 bridgehead atoms. The predicted molar refractivity (Wildman–Crippen MR) is 43.5 cm³/mol. The molecule has 1 aliphatic heterocycles. The normalized spacial score (nSPS) is 20.9. The van der Waals surface area contributed by atoms with Gasteiger partial charge in [-0.2, -0.15) is 0 Å². The molecule has 1 aromatic rings. The van der Waals surface area contributed by atoms with Crippen LogP contribution >= 0.6 is 0 Å². The minimum absolute atomic E-state index is 0.0671. The van der Waals surface area contributed by atoms with Crippen molar-refractivity contribution < 1.29 is 9.84 Å². The molecule has 0 radical (unpaired) electrons. The first-order valence-corrected chi connectivity index (χ1v) is 3.78. The molecule has 0 amide bonds. The van der Waals surface area contributed by atoms with Crippen molar-refractivity contribution in [3.05, 3.63) is 17.3 Å². The number of nitrogen functional groups attached to an aromatic ring is 1. The van der Waals surface area contributed by atoms with Crippen molar-refractivity contribution >= 4 is 5.82 Å². The van der Waals surface area contributed by atoms with Gasteiger partial charge in [0.25, 0.3) is 0 Å². The van der Waals surface area contributed by atoms with Gasteiger partial charge in [-0.1, -0.05) is 0 Å². The second-order valence-corrected chi connectivity index (χ2v) is 2.88. The number of anilines is 1. The fourth-order valence-corrected chi connectivity index (χ4v) is 1.43. The third-order valence-electron chi connectivity index (χ3n) is 2.10.